The average molecular weight is 423 g/mol. The van der Waals surface area contributed by atoms with E-state index in [0.717, 1.165) is 11.3 Å². The maximum absolute atomic E-state index is 15.4. The predicted molar refractivity (Wildman–Crippen MR) is 108 cm³/mol. The highest BCUT2D eigenvalue weighted by atomic mass is 35.5. The van der Waals surface area contributed by atoms with Crippen molar-refractivity contribution in [1.82, 2.24) is 15.0 Å². The van der Waals surface area contributed by atoms with E-state index in [1.165, 1.54) is 18.2 Å². The molecule has 28 heavy (non-hydrogen) atoms. The first-order valence-corrected chi connectivity index (χ1v) is 9.31. The number of fused-ring (bicyclic) bond motifs is 2. The largest absolute Gasteiger partial charge is 0.375 e. The van der Waals surface area contributed by atoms with Gasteiger partial charge >= 0.3 is 5.69 Å². The van der Waals surface area contributed by atoms with Gasteiger partial charge in [0.15, 0.2) is 10.9 Å². The second-order valence-corrected chi connectivity index (χ2v) is 7.34. The van der Waals surface area contributed by atoms with Crippen LogP contribution in [0.1, 0.15) is 0 Å². The van der Waals surface area contributed by atoms with Crippen LogP contribution in [0.15, 0.2) is 23.0 Å². The number of H-pyrrole nitrogens is 1. The summed E-state index contributed by atoms with van der Waals surface area (Å²) in [6.45, 7) is 0.631. The molecule has 7 nitrogen and oxygen atoms in total. The van der Waals surface area contributed by atoms with Gasteiger partial charge in [-0.2, -0.15) is 4.98 Å². The third-order valence-electron chi connectivity index (χ3n) is 4.14. The summed E-state index contributed by atoms with van der Waals surface area (Å²) in [5, 5.41) is 3.35. The van der Waals surface area contributed by atoms with Crippen LogP contribution in [0.3, 0.4) is 0 Å². The number of nitrogens with zero attached hydrogens (tertiary/aromatic N) is 2. The van der Waals surface area contributed by atoms with Crippen LogP contribution in [0, 0.1) is 11.6 Å². The van der Waals surface area contributed by atoms with E-state index in [9.17, 15) is 9.18 Å². The summed E-state index contributed by atoms with van der Waals surface area (Å²) >= 11 is 7.33. The number of nitrogens with two attached hydrogens (primary N) is 2. The molecule has 0 saturated heterocycles. The number of rotatable bonds is 4. The Morgan fingerprint density at radius 2 is 2.07 bits per heavy atom. The SMILES string of the molecule is NCCNc1nc(=O)[nH]c2c(F)c(-c3ccc(F)c4sc(N)nc34)c(Cl)cc12. The van der Waals surface area contributed by atoms with Crippen molar-refractivity contribution >= 4 is 55.0 Å². The Balaban J connectivity index is 2.04. The molecule has 0 amide bonds. The van der Waals surface area contributed by atoms with E-state index in [1.54, 1.807) is 0 Å². The Bertz CT molecular complexity index is 1290. The Morgan fingerprint density at radius 1 is 1.29 bits per heavy atom. The van der Waals surface area contributed by atoms with Gasteiger partial charge in [0.05, 0.1) is 20.8 Å². The molecule has 4 aromatic rings. The van der Waals surface area contributed by atoms with Crippen molar-refractivity contribution in [2.45, 2.75) is 0 Å². The van der Waals surface area contributed by atoms with Gasteiger partial charge in [-0.25, -0.2) is 18.6 Å². The molecule has 0 saturated carbocycles. The topological polar surface area (TPSA) is 123 Å². The second kappa shape index (κ2) is 6.97. The molecule has 2 aromatic heterocycles. The number of aromatic nitrogens is 3. The molecule has 0 radical (unpaired) electrons. The van der Waals surface area contributed by atoms with Crippen LogP contribution < -0.4 is 22.5 Å². The van der Waals surface area contributed by atoms with E-state index in [1.807, 2.05) is 0 Å². The van der Waals surface area contributed by atoms with Crippen LogP contribution >= 0.6 is 22.9 Å². The minimum atomic E-state index is -0.780. The molecule has 0 unspecified atom stereocenters. The highest BCUT2D eigenvalue weighted by Gasteiger charge is 2.22. The summed E-state index contributed by atoms with van der Waals surface area (Å²) < 4.78 is 29.7. The Morgan fingerprint density at radius 3 is 2.82 bits per heavy atom. The number of hydrogen-bond donors (Lipinski definition) is 4. The monoisotopic (exact) mass is 422 g/mol. The van der Waals surface area contributed by atoms with Gasteiger partial charge in [-0.3, -0.25) is 0 Å². The van der Waals surface area contributed by atoms with Crippen LogP contribution in [0.2, 0.25) is 5.02 Å². The fourth-order valence-corrected chi connectivity index (χ4v) is 4.05. The molecule has 0 spiro atoms. The number of halogens is 3. The van der Waals surface area contributed by atoms with Crippen LogP contribution in [0.4, 0.5) is 19.7 Å². The lowest BCUT2D eigenvalue weighted by molar-refractivity contribution is 0.637. The molecule has 4 rings (SSSR count). The molecule has 0 aliphatic rings. The molecule has 0 atom stereocenters. The molecule has 2 heterocycles. The molecule has 0 bridgehead atoms. The van der Waals surface area contributed by atoms with Gasteiger partial charge in [-0.05, 0) is 18.2 Å². The lowest BCUT2D eigenvalue weighted by atomic mass is 10.0. The molecule has 2 aromatic carbocycles. The highest BCUT2D eigenvalue weighted by Crippen LogP contribution is 2.41. The Hall–Kier alpha value is -2.82. The van der Waals surface area contributed by atoms with Crippen LogP contribution in [0.25, 0.3) is 32.2 Å². The van der Waals surface area contributed by atoms with E-state index in [0.29, 0.717) is 13.1 Å². The first kappa shape index (κ1) is 18.5. The Labute approximate surface area is 165 Å². The lowest BCUT2D eigenvalue weighted by Gasteiger charge is -2.13. The van der Waals surface area contributed by atoms with Crippen molar-refractivity contribution < 1.29 is 8.78 Å². The molecule has 144 valence electrons. The zero-order chi connectivity index (χ0) is 20.0. The number of anilines is 2. The van der Waals surface area contributed by atoms with Crippen molar-refractivity contribution in [3.8, 4) is 11.1 Å². The molecule has 6 N–H and O–H groups in total. The number of nitrogens with one attached hydrogen (secondary N) is 2. The number of nitrogen functional groups attached to an aromatic ring is 1. The molecule has 0 aliphatic heterocycles. The summed E-state index contributed by atoms with van der Waals surface area (Å²) in [6.07, 6.45) is 0. The van der Waals surface area contributed by atoms with E-state index < -0.39 is 17.3 Å². The molecule has 11 heteroatoms. The van der Waals surface area contributed by atoms with Gasteiger partial charge in [0.1, 0.15) is 11.6 Å². The number of benzene rings is 2. The minimum absolute atomic E-state index is 0.0175. The zero-order valence-electron chi connectivity index (χ0n) is 14.1. The van der Waals surface area contributed by atoms with Gasteiger partial charge in [0.25, 0.3) is 0 Å². The number of aromatic amines is 1. The van der Waals surface area contributed by atoms with Crippen molar-refractivity contribution in [2.24, 2.45) is 5.73 Å². The number of thiazole rings is 1. The van der Waals surface area contributed by atoms with E-state index in [-0.39, 0.29) is 48.2 Å². The first-order valence-electron chi connectivity index (χ1n) is 8.11. The average Bonchev–Trinajstić information content (AvgIpc) is 3.05. The fraction of sp³-hybridized carbons (Fsp3) is 0.118. The molecular weight excluding hydrogens is 410 g/mol. The summed E-state index contributed by atoms with van der Waals surface area (Å²) in [6, 6.07) is 4.04. The van der Waals surface area contributed by atoms with Gasteiger partial charge < -0.3 is 21.8 Å². The summed E-state index contributed by atoms with van der Waals surface area (Å²) in [4.78, 5) is 22.2. The third-order valence-corrected chi connectivity index (χ3v) is 5.33. The van der Waals surface area contributed by atoms with Crippen LogP contribution in [-0.4, -0.2) is 28.0 Å². The van der Waals surface area contributed by atoms with E-state index in [4.69, 9.17) is 23.1 Å². The van der Waals surface area contributed by atoms with Crippen molar-refractivity contribution in [2.75, 3.05) is 24.1 Å². The zero-order valence-corrected chi connectivity index (χ0v) is 15.7. The van der Waals surface area contributed by atoms with Gasteiger partial charge in [0.2, 0.25) is 0 Å². The third kappa shape index (κ3) is 2.95. The predicted octanol–water partition coefficient (Wildman–Crippen LogP) is 3.08. The maximum atomic E-state index is 15.4. The maximum Gasteiger partial charge on any atom is 0.347 e. The quantitative estimate of drug-likeness (QED) is 0.401. The normalized spacial score (nSPS) is 11.4. The summed E-state index contributed by atoms with van der Waals surface area (Å²) in [5.41, 5.74) is 10.8. The lowest BCUT2D eigenvalue weighted by Crippen LogP contribution is -2.19. The minimum Gasteiger partial charge on any atom is -0.375 e. The fourth-order valence-electron chi connectivity index (χ4n) is 2.99. The molecule has 0 aliphatic carbocycles. The smallest absolute Gasteiger partial charge is 0.347 e. The standard InChI is InChI=1S/C17H13ClF2N6OS/c18-8-5-7-12(25-17(27)26-15(7)23-4-3-21)11(20)10(8)6-1-2-9(19)14-13(6)24-16(22)28-14/h1-2,5H,3-4,21H2,(H2,22,24)(H2,23,25,26,27). The van der Waals surface area contributed by atoms with Crippen molar-refractivity contribution in [3.63, 3.8) is 0 Å². The highest BCUT2D eigenvalue weighted by molar-refractivity contribution is 7.22. The molecule has 0 fully saturated rings. The van der Waals surface area contributed by atoms with Gasteiger partial charge in [-0.15, -0.1) is 0 Å². The number of hydrogen-bond acceptors (Lipinski definition) is 7. The second-order valence-electron chi connectivity index (χ2n) is 5.90. The van der Waals surface area contributed by atoms with Crippen LogP contribution in [-0.2, 0) is 0 Å². The summed E-state index contributed by atoms with van der Waals surface area (Å²) in [5.74, 6) is -1.13. The first-order chi connectivity index (χ1) is 13.4. The van der Waals surface area contributed by atoms with E-state index in [2.05, 4.69) is 20.3 Å². The van der Waals surface area contributed by atoms with Crippen molar-refractivity contribution in [3.05, 3.63) is 45.3 Å². The van der Waals surface area contributed by atoms with Gasteiger partial charge in [-0.1, -0.05) is 22.9 Å². The summed E-state index contributed by atoms with van der Waals surface area (Å²) in [7, 11) is 0. The molecular formula is C17H13ClF2N6OS. The van der Waals surface area contributed by atoms with Crippen LogP contribution in [0.5, 0.6) is 0 Å². The van der Waals surface area contributed by atoms with Crippen molar-refractivity contribution in [1.29, 1.82) is 0 Å². The van der Waals surface area contributed by atoms with E-state index >= 15 is 4.39 Å². The van der Waals surface area contributed by atoms with Gasteiger partial charge in [0, 0.05) is 29.6 Å². The Kier molecular flexibility index (Phi) is 4.61.